The van der Waals surface area contributed by atoms with Crippen molar-refractivity contribution < 1.29 is 23.8 Å². The molecule has 4 aliphatic rings. The fraction of sp³-hybridized carbons (Fsp3) is 0.542. The maximum Gasteiger partial charge on any atom is 0.232 e. The van der Waals surface area contributed by atoms with E-state index in [4.69, 9.17) is 19.2 Å². The van der Waals surface area contributed by atoms with Gasteiger partial charge in [0.05, 0.1) is 19.1 Å². The van der Waals surface area contributed by atoms with Crippen LogP contribution in [0.3, 0.4) is 0 Å². The Kier molecular flexibility index (Phi) is 4.88. The van der Waals surface area contributed by atoms with Crippen molar-refractivity contribution in [2.24, 2.45) is 16.3 Å². The predicted octanol–water partition coefficient (Wildman–Crippen LogP) is 3.09. The van der Waals surface area contributed by atoms with Crippen molar-refractivity contribution in [3.05, 3.63) is 35.0 Å². The van der Waals surface area contributed by atoms with Crippen LogP contribution in [0.5, 0.6) is 11.5 Å². The minimum absolute atomic E-state index is 0.0106. The molecule has 1 amide bonds. The first-order valence-corrected chi connectivity index (χ1v) is 10.9. The number of ether oxygens (including phenoxy) is 3. The number of carbonyl (C=O) groups is 2. The molecule has 0 saturated carbocycles. The van der Waals surface area contributed by atoms with Gasteiger partial charge in [-0.05, 0) is 36.5 Å². The number of hydrogen-bond acceptors (Lipinski definition) is 6. The second-order valence-electron chi connectivity index (χ2n) is 9.56. The van der Waals surface area contributed by atoms with Crippen molar-refractivity contribution in [1.29, 1.82) is 0 Å². The number of amides is 1. The molecular formula is C24H28N2O5. The number of fused-ring (bicyclic) bond motifs is 1. The third kappa shape index (κ3) is 3.55. The molecule has 7 heteroatoms. The van der Waals surface area contributed by atoms with Crippen LogP contribution in [0.25, 0.3) is 0 Å². The summed E-state index contributed by atoms with van der Waals surface area (Å²) in [6.07, 6.45) is 1.19. The maximum absolute atomic E-state index is 13.7. The topological polar surface area (TPSA) is 77.4 Å². The molecular weight excluding hydrogens is 396 g/mol. The normalized spacial score (nSPS) is 27.1. The molecule has 164 valence electrons. The summed E-state index contributed by atoms with van der Waals surface area (Å²) in [6.45, 7) is 8.47. The van der Waals surface area contributed by atoms with Crippen LogP contribution in [0.2, 0.25) is 0 Å². The minimum Gasteiger partial charge on any atom is -0.454 e. The second kappa shape index (κ2) is 7.48. The predicted molar refractivity (Wildman–Crippen MR) is 114 cm³/mol. The van der Waals surface area contributed by atoms with Gasteiger partial charge in [0.1, 0.15) is 0 Å². The maximum atomic E-state index is 13.7. The Hall–Kier alpha value is -2.67. The van der Waals surface area contributed by atoms with Gasteiger partial charge in [0.25, 0.3) is 0 Å². The zero-order valence-electron chi connectivity index (χ0n) is 18.3. The highest BCUT2D eigenvalue weighted by Crippen LogP contribution is 2.49. The SMILES string of the molecule is CC1=NC2=C(C(=O)CC(C)(C)C2)[C@H](c2ccc3c(c2)OCO3)C1C(=O)N1CCOCC1. The molecule has 5 rings (SSSR count). The molecule has 0 spiro atoms. The third-order valence-corrected chi connectivity index (χ3v) is 6.65. The van der Waals surface area contributed by atoms with Crippen LogP contribution >= 0.6 is 0 Å². The van der Waals surface area contributed by atoms with Crippen molar-refractivity contribution in [1.82, 2.24) is 4.90 Å². The molecule has 3 aliphatic heterocycles. The summed E-state index contributed by atoms with van der Waals surface area (Å²) in [5.74, 6) is 0.553. The molecule has 2 atom stereocenters. The van der Waals surface area contributed by atoms with E-state index in [0.717, 1.165) is 23.4 Å². The van der Waals surface area contributed by atoms with Crippen LogP contribution in [-0.4, -0.2) is 55.4 Å². The van der Waals surface area contributed by atoms with Gasteiger partial charge in [0.2, 0.25) is 12.7 Å². The largest absolute Gasteiger partial charge is 0.454 e. The lowest BCUT2D eigenvalue weighted by atomic mass is 9.66. The van der Waals surface area contributed by atoms with E-state index in [1.54, 1.807) is 0 Å². The van der Waals surface area contributed by atoms with E-state index in [9.17, 15) is 9.59 Å². The van der Waals surface area contributed by atoms with Crippen molar-refractivity contribution in [3.8, 4) is 11.5 Å². The molecule has 31 heavy (non-hydrogen) atoms. The summed E-state index contributed by atoms with van der Waals surface area (Å²) in [6, 6.07) is 5.74. The Labute approximate surface area is 182 Å². The molecule has 0 bridgehead atoms. The average Bonchev–Trinajstić information content (AvgIpc) is 3.20. The summed E-state index contributed by atoms with van der Waals surface area (Å²) in [5, 5.41) is 0. The zero-order valence-corrected chi connectivity index (χ0v) is 18.3. The van der Waals surface area contributed by atoms with Crippen molar-refractivity contribution >= 4 is 17.4 Å². The first-order valence-electron chi connectivity index (χ1n) is 10.9. The summed E-state index contributed by atoms with van der Waals surface area (Å²) in [5.41, 5.74) is 3.04. The highest BCUT2D eigenvalue weighted by molar-refractivity contribution is 6.10. The van der Waals surface area contributed by atoms with Crippen LogP contribution in [0.1, 0.15) is 45.1 Å². The number of hydrogen-bond donors (Lipinski definition) is 0. The fourth-order valence-electron chi connectivity index (χ4n) is 5.21. The lowest BCUT2D eigenvalue weighted by Crippen LogP contribution is -2.48. The Morgan fingerprint density at radius 3 is 2.65 bits per heavy atom. The molecule has 1 fully saturated rings. The number of allylic oxidation sites excluding steroid dienone is 2. The summed E-state index contributed by atoms with van der Waals surface area (Å²) >= 11 is 0. The van der Waals surface area contributed by atoms with Gasteiger partial charge in [-0.15, -0.1) is 0 Å². The smallest absolute Gasteiger partial charge is 0.232 e. The number of ketones is 1. The van der Waals surface area contributed by atoms with Gasteiger partial charge in [-0.3, -0.25) is 14.6 Å². The van der Waals surface area contributed by atoms with E-state index in [1.807, 2.05) is 30.0 Å². The first kappa shape index (κ1) is 20.2. The van der Waals surface area contributed by atoms with Gasteiger partial charge >= 0.3 is 0 Å². The number of aliphatic imine (C=N–C) groups is 1. The van der Waals surface area contributed by atoms with Crippen LogP contribution < -0.4 is 9.47 Å². The quantitative estimate of drug-likeness (QED) is 0.729. The number of Topliss-reactive ketones (excluding diaryl/α,β-unsaturated/α-hetero) is 1. The molecule has 0 radical (unpaired) electrons. The molecule has 7 nitrogen and oxygen atoms in total. The van der Waals surface area contributed by atoms with Crippen LogP contribution in [0.4, 0.5) is 0 Å². The highest BCUT2D eigenvalue weighted by atomic mass is 16.7. The zero-order chi connectivity index (χ0) is 21.8. The van der Waals surface area contributed by atoms with E-state index in [1.165, 1.54) is 0 Å². The number of carbonyl (C=O) groups excluding carboxylic acids is 2. The molecule has 1 saturated heterocycles. The van der Waals surface area contributed by atoms with E-state index < -0.39 is 5.92 Å². The number of nitrogens with zero attached hydrogens (tertiary/aromatic N) is 2. The molecule has 0 N–H and O–H groups in total. The molecule has 1 aliphatic carbocycles. The molecule has 3 heterocycles. The molecule has 1 aromatic rings. The van der Waals surface area contributed by atoms with Crippen molar-refractivity contribution in [2.45, 2.75) is 39.5 Å². The van der Waals surface area contributed by atoms with Crippen LogP contribution in [0.15, 0.2) is 34.5 Å². The first-order chi connectivity index (χ1) is 14.8. The third-order valence-electron chi connectivity index (χ3n) is 6.65. The molecule has 1 unspecified atom stereocenters. The van der Waals surface area contributed by atoms with Gasteiger partial charge in [-0.25, -0.2) is 0 Å². The van der Waals surface area contributed by atoms with Gasteiger partial charge in [0.15, 0.2) is 17.3 Å². The number of rotatable bonds is 2. The number of benzene rings is 1. The Balaban J connectivity index is 1.62. The Morgan fingerprint density at radius 1 is 1.13 bits per heavy atom. The lowest BCUT2D eigenvalue weighted by Gasteiger charge is -2.41. The monoisotopic (exact) mass is 424 g/mol. The Bertz CT molecular complexity index is 1000. The van der Waals surface area contributed by atoms with Gasteiger partial charge < -0.3 is 19.1 Å². The Morgan fingerprint density at radius 2 is 1.87 bits per heavy atom. The standard InChI is InChI=1S/C24H28N2O5/c1-14-20(23(28)26-6-8-29-9-7-26)21(15-4-5-18-19(10-15)31-13-30-18)22-16(25-14)11-24(2,3)12-17(22)27/h4-5,10,20-21H,6-9,11-13H2,1-3H3/t20?,21-/m1/s1. The molecule has 0 aromatic heterocycles. The minimum atomic E-state index is -0.512. The average molecular weight is 424 g/mol. The highest BCUT2D eigenvalue weighted by Gasteiger charge is 2.46. The van der Waals surface area contributed by atoms with Gasteiger partial charge in [-0.2, -0.15) is 0 Å². The summed E-state index contributed by atoms with van der Waals surface area (Å²) in [7, 11) is 0. The van der Waals surface area contributed by atoms with Crippen molar-refractivity contribution in [3.63, 3.8) is 0 Å². The van der Waals surface area contributed by atoms with Gasteiger partial charge in [0, 0.05) is 42.4 Å². The second-order valence-corrected chi connectivity index (χ2v) is 9.56. The summed E-state index contributed by atoms with van der Waals surface area (Å²) in [4.78, 5) is 33.8. The lowest BCUT2D eigenvalue weighted by molar-refractivity contribution is -0.138. The molecule has 1 aromatic carbocycles. The van der Waals surface area contributed by atoms with E-state index in [2.05, 4.69) is 13.8 Å². The summed E-state index contributed by atoms with van der Waals surface area (Å²) < 4.78 is 16.5. The van der Waals surface area contributed by atoms with E-state index in [0.29, 0.717) is 49.8 Å². The van der Waals surface area contributed by atoms with E-state index in [-0.39, 0.29) is 29.8 Å². The fourth-order valence-corrected chi connectivity index (χ4v) is 5.21. The van der Waals surface area contributed by atoms with E-state index >= 15 is 0 Å². The number of morpholine rings is 1. The van der Waals surface area contributed by atoms with Crippen LogP contribution in [-0.2, 0) is 14.3 Å². The van der Waals surface area contributed by atoms with Gasteiger partial charge in [-0.1, -0.05) is 19.9 Å². The van der Waals surface area contributed by atoms with Crippen LogP contribution in [0, 0.1) is 11.3 Å². The van der Waals surface area contributed by atoms with Crippen molar-refractivity contribution in [2.75, 3.05) is 33.1 Å².